The fourth-order valence-corrected chi connectivity index (χ4v) is 2.98. The van der Waals surface area contributed by atoms with Crippen molar-refractivity contribution in [3.8, 4) is 0 Å². The summed E-state index contributed by atoms with van der Waals surface area (Å²) in [6, 6.07) is 7.34. The monoisotopic (exact) mass is 287 g/mol. The van der Waals surface area contributed by atoms with Crippen LogP contribution in [0.5, 0.6) is 0 Å². The van der Waals surface area contributed by atoms with Gasteiger partial charge in [-0.25, -0.2) is 9.48 Å². The molecule has 1 atom stereocenters. The highest BCUT2D eigenvalue weighted by Crippen LogP contribution is 2.22. The van der Waals surface area contributed by atoms with Gasteiger partial charge >= 0.3 is 5.97 Å². The number of fused-ring (bicyclic) bond motifs is 1. The molecule has 0 bridgehead atoms. The zero-order chi connectivity index (χ0) is 14.1. The molecule has 2 aromatic heterocycles. The Hall–Kier alpha value is -2.21. The third-order valence-corrected chi connectivity index (χ3v) is 3.99. The summed E-state index contributed by atoms with van der Waals surface area (Å²) in [6.45, 7) is 2.05. The molecule has 0 saturated carbocycles. The summed E-state index contributed by atoms with van der Waals surface area (Å²) in [4.78, 5) is 11.2. The lowest BCUT2D eigenvalue weighted by Crippen LogP contribution is -2.09. The molecule has 2 heterocycles. The highest BCUT2D eigenvalue weighted by Gasteiger charge is 2.16. The molecule has 0 spiro atoms. The second kappa shape index (κ2) is 5.05. The van der Waals surface area contributed by atoms with Crippen molar-refractivity contribution in [1.82, 2.24) is 15.0 Å². The maximum atomic E-state index is 11.2. The first-order valence-corrected chi connectivity index (χ1v) is 7.19. The van der Waals surface area contributed by atoms with Gasteiger partial charge in [-0.3, -0.25) is 0 Å². The molecule has 0 radical (unpaired) electrons. The van der Waals surface area contributed by atoms with E-state index in [-0.39, 0.29) is 11.6 Å². The smallest absolute Gasteiger partial charge is 0.338 e. The van der Waals surface area contributed by atoms with Crippen LogP contribution >= 0.6 is 11.3 Å². The summed E-state index contributed by atoms with van der Waals surface area (Å²) in [5.74, 6) is -0.979. The number of aromatic carboxylic acids is 1. The number of thiophene rings is 1. The van der Waals surface area contributed by atoms with Gasteiger partial charge in [0, 0.05) is 0 Å². The lowest BCUT2D eigenvalue weighted by molar-refractivity contribution is 0.0699. The molecule has 0 aliphatic rings. The normalized spacial score (nSPS) is 12.7. The first-order chi connectivity index (χ1) is 9.66. The van der Waals surface area contributed by atoms with E-state index in [4.69, 9.17) is 5.11 Å². The molecule has 3 rings (SSSR count). The molecule has 20 heavy (non-hydrogen) atoms. The van der Waals surface area contributed by atoms with Gasteiger partial charge in [0.2, 0.25) is 0 Å². The quantitative estimate of drug-likeness (QED) is 0.801. The summed E-state index contributed by atoms with van der Waals surface area (Å²) >= 11 is 1.67. The van der Waals surface area contributed by atoms with Crippen LogP contribution in [0.3, 0.4) is 0 Å². The van der Waals surface area contributed by atoms with Gasteiger partial charge in [-0.1, -0.05) is 11.3 Å². The van der Waals surface area contributed by atoms with E-state index in [0.29, 0.717) is 5.52 Å². The highest BCUT2D eigenvalue weighted by atomic mass is 32.1. The Morgan fingerprint density at radius 3 is 3.00 bits per heavy atom. The number of hydrogen-bond acceptors (Lipinski definition) is 4. The molecule has 102 valence electrons. The number of nitrogens with zero attached hydrogens (tertiary/aromatic N) is 3. The lowest BCUT2D eigenvalue weighted by atomic mass is 10.1. The van der Waals surface area contributed by atoms with Crippen LogP contribution in [0.1, 0.15) is 28.9 Å². The van der Waals surface area contributed by atoms with Crippen molar-refractivity contribution in [2.24, 2.45) is 0 Å². The first-order valence-electron chi connectivity index (χ1n) is 6.25. The molecule has 0 amide bonds. The van der Waals surface area contributed by atoms with Crippen molar-refractivity contribution in [1.29, 1.82) is 0 Å². The Balaban J connectivity index is 2.00. The number of carboxylic acid groups (broad SMARTS) is 1. The second-order valence-corrected chi connectivity index (χ2v) is 5.48. The number of benzene rings is 1. The minimum atomic E-state index is -0.979. The van der Waals surface area contributed by atoms with E-state index in [1.165, 1.54) is 5.56 Å². The largest absolute Gasteiger partial charge is 0.478 e. The average molecular weight is 287 g/mol. The highest BCUT2D eigenvalue weighted by molar-refractivity contribution is 7.07. The van der Waals surface area contributed by atoms with E-state index < -0.39 is 5.97 Å². The predicted octanol–water partition coefficient (Wildman–Crippen LogP) is 2.99. The summed E-state index contributed by atoms with van der Waals surface area (Å²) in [5, 5.41) is 21.5. The first kappa shape index (κ1) is 12.8. The number of rotatable bonds is 4. The SMILES string of the molecule is CC(Cc1ccsc1)n1nnc2c(C(=O)O)cccc21. The van der Waals surface area contributed by atoms with Crippen molar-refractivity contribution >= 4 is 28.3 Å². The maximum absolute atomic E-state index is 11.2. The Labute approximate surface area is 119 Å². The van der Waals surface area contributed by atoms with Crippen LogP contribution in [0.4, 0.5) is 0 Å². The van der Waals surface area contributed by atoms with Crippen LogP contribution in [0.15, 0.2) is 35.0 Å². The minimum Gasteiger partial charge on any atom is -0.478 e. The molecular weight excluding hydrogens is 274 g/mol. The molecule has 1 unspecified atom stereocenters. The van der Waals surface area contributed by atoms with Gasteiger partial charge in [0.1, 0.15) is 5.52 Å². The Morgan fingerprint density at radius 2 is 2.30 bits per heavy atom. The van der Waals surface area contributed by atoms with E-state index in [1.54, 1.807) is 28.2 Å². The van der Waals surface area contributed by atoms with E-state index in [9.17, 15) is 4.79 Å². The van der Waals surface area contributed by atoms with E-state index in [2.05, 4.69) is 28.7 Å². The van der Waals surface area contributed by atoms with Gasteiger partial charge in [-0.15, -0.1) is 5.10 Å². The number of carboxylic acids is 1. The van der Waals surface area contributed by atoms with Crippen molar-refractivity contribution in [2.45, 2.75) is 19.4 Å². The summed E-state index contributed by atoms with van der Waals surface area (Å²) in [6.07, 6.45) is 0.846. The van der Waals surface area contributed by atoms with Crippen LogP contribution in [-0.4, -0.2) is 26.1 Å². The molecule has 0 aliphatic heterocycles. The van der Waals surface area contributed by atoms with Gasteiger partial charge in [-0.05, 0) is 47.9 Å². The minimum absolute atomic E-state index is 0.124. The van der Waals surface area contributed by atoms with Crippen molar-refractivity contribution < 1.29 is 9.90 Å². The van der Waals surface area contributed by atoms with Gasteiger partial charge in [0.25, 0.3) is 0 Å². The molecule has 1 aromatic carbocycles. The molecule has 0 fully saturated rings. The summed E-state index contributed by atoms with van der Waals surface area (Å²) in [5.41, 5.74) is 2.64. The Bertz CT molecular complexity index is 749. The van der Waals surface area contributed by atoms with Crippen molar-refractivity contribution in [2.75, 3.05) is 0 Å². The van der Waals surface area contributed by atoms with Gasteiger partial charge in [0.05, 0.1) is 17.1 Å². The number of aromatic nitrogens is 3. The number of hydrogen-bond donors (Lipinski definition) is 1. The molecule has 3 aromatic rings. The number of carbonyl (C=O) groups is 1. The Morgan fingerprint density at radius 1 is 1.45 bits per heavy atom. The van der Waals surface area contributed by atoms with E-state index in [0.717, 1.165) is 11.9 Å². The summed E-state index contributed by atoms with van der Waals surface area (Å²) < 4.78 is 1.79. The Kier molecular flexibility index (Phi) is 3.23. The second-order valence-electron chi connectivity index (χ2n) is 4.70. The third-order valence-electron chi connectivity index (χ3n) is 3.26. The zero-order valence-corrected chi connectivity index (χ0v) is 11.7. The molecule has 1 N–H and O–H groups in total. The van der Waals surface area contributed by atoms with Crippen LogP contribution in [-0.2, 0) is 6.42 Å². The molecule has 5 nitrogen and oxygen atoms in total. The fourth-order valence-electron chi connectivity index (χ4n) is 2.30. The summed E-state index contributed by atoms with van der Waals surface area (Å²) in [7, 11) is 0. The van der Waals surface area contributed by atoms with Gasteiger partial charge < -0.3 is 5.11 Å². The van der Waals surface area contributed by atoms with Crippen LogP contribution < -0.4 is 0 Å². The molecular formula is C14H13N3O2S. The van der Waals surface area contributed by atoms with E-state index in [1.807, 2.05) is 11.4 Å². The third kappa shape index (κ3) is 2.18. The fraction of sp³-hybridized carbons (Fsp3) is 0.214. The van der Waals surface area contributed by atoms with E-state index >= 15 is 0 Å². The zero-order valence-electron chi connectivity index (χ0n) is 10.9. The molecule has 6 heteroatoms. The maximum Gasteiger partial charge on any atom is 0.338 e. The van der Waals surface area contributed by atoms with Crippen LogP contribution in [0.2, 0.25) is 0 Å². The van der Waals surface area contributed by atoms with Crippen molar-refractivity contribution in [3.63, 3.8) is 0 Å². The van der Waals surface area contributed by atoms with Crippen LogP contribution in [0, 0.1) is 0 Å². The average Bonchev–Trinajstić information content (AvgIpc) is 3.06. The molecule has 0 saturated heterocycles. The van der Waals surface area contributed by atoms with Gasteiger partial charge in [-0.2, -0.15) is 11.3 Å². The topological polar surface area (TPSA) is 68.0 Å². The molecule has 0 aliphatic carbocycles. The van der Waals surface area contributed by atoms with Gasteiger partial charge in [0.15, 0.2) is 0 Å². The predicted molar refractivity (Wildman–Crippen MR) is 77.2 cm³/mol. The van der Waals surface area contributed by atoms with Crippen LogP contribution in [0.25, 0.3) is 11.0 Å². The van der Waals surface area contributed by atoms with Crippen molar-refractivity contribution in [3.05, 3.63) is 46.2 Å². The standard InChI is InChI=1S/C14H13N3O2S/c1-9(7-10-5-6-20-8-10)17-12-4-2-3-11(14(18)19)13(12)15-16-17/h2-6,8-9H,7H2,1H3,(H,18,19). The lowest BCUT2D eigenvalue weighted by Gasteiger charge is -2.11.